The average Bonchev–Trinajstić information content (AvgIpc) is 3.48. The van der Waals surface area contributed by atoms with Crippen LogP contribution in [0.25, 0.3) is 16.6 Å². The molecule has 4 aromatic heterocycles. The predicted molar refractivity (Wildman–Crippen MR) is 183 cm³/mol. The van der Waals surface area contributed by atoms with Crippen molar-refractivity contribution in [3.63, 3.8) is 0 Å². The molecule has 7 heterocycles. The number of piperazine rings is 1. The number of hydrogen-bond donors (Lipinski definition) is 0. The van der Waals surface area contributed by atoms with Gasteiger partial charge in [0.1, 0.15) is 5.82 Å². The molecule has 238 valence electrons. The van der Waals surface area contributed by atoms with Crippen LogP contribution in [0.2, 0.25) is 0 Å². The summed E-state index contributed by atoms with van der Waals surface area (Å²) in [5.41, 5.74) is 6.01. The highest BCUT2D eigenvalue weighted by molar-refractivity contribution is 6.14. The van der Waals surface area contributed by atoms with E-state index < -0.39 is 5.95 Å². The Morgan fingerprint density at radius 3 is 2.27 bits per heavy atom. The number of carbonyl (C=O) groups excluding carboxylic acids is 1. The van der Waals surface area contributed by atoms with Crippen LogP contribution in [-0.2, 0) is 6.54 Å². The lowest BCUT2D eigenvalue weighted by Crippen LogP contribution is -2.68. The molecule has 3 aliphatic rings. The molecule has 3 fully saturated rings. The monoisotopic (exact) mass is 637 g/mol. The number of pyridine rings is 3. The van der Waals surface area contributed by atoms with E-state index >= 15 is 0 Å². The Labute approximate surface area is 277 Å². The molecule has 9 rings (SSSR count). The fourth-order valence-electron chi connectivity index (χ4n) is 6.86. The topological polar surface area (TPSA) is 88.2 Å². The number of fused-ring (bicyclic) bond motifs is 3. The van der Waals surface area contributed by atoms with Crippen LogP contribution in [0.1, 0.15) is 33.5 Å². The Hall–Kier alpha value is -5.74. The largest absolute Gasteiger partial charge is 0.481 e. The molecule has 9 nitrogen and oxygen atoms in total. The van der Waals surface area contributed by atoms with Crippen molar-refractivity contribution >= 4 is 29.0 Å². The molecular weight excluding hydrogens is 605 g/mol. The van der Waals surface area contributed by atoms with Crippen LogP contribution in [0.4, 0.5) is 15.9 Å². The minimum absolute atomic E-state index is 0.0979. The second-order valence-electron chi connectivity index (χ2n) is 12.2. The lowest BCUT2D eigenvalue weighted by Gasteiger charge is -2.56. The van der Waals surface area contributed by atoms with Crippen LogP contribution in [0, 0.1) is 5.95 Å². The number of halogens is 1. The molecule has 2 aromatic carbocycles. The van der Waals surface area contributed by atoms with E-state index in [4.69, 9.17) is 14.7 Å². The maximum absolute atomic E-state index is 14.9. The number of aldehydes is 1. The van der Waals surface area contributed by atoms with Crippen molar-refractivity contribution in [3.8, 4) is 17.0 Å². The van der Waals surface area contributed by atoms with Gasteiger partial charge >= 0.3 is 0 Å². The first-order valence-electron chi connectivity index (χ1n) is 15.9. The van der Waals surface area contributed by atoms with E-state index in [2.05, 4.69) is 25.9 Å². The molecule has 0 N–H and O–H groups in total. The molecule has 0 spiro atoms. The van der Waals surface area contributed by atoms with Crippen molar-refractivity contribution in [2.45, 2.75) is 25.0 Å². The van der Waals surface area contributed by atoms with Crippen LogP contribution in [0.5, 0.6) is 5.88 Å². The molecule has 0 radical (unpaired) electrons. The first-order chi connectivity index (χ1) is 23.6. The lowest BCUT2D eigenvalue weighted by molar-refractivity contribution is -0.00876. The van der Waals surface area contributed by atoms with Gasteiger partial charge in [0.15, 0.2) is 6.29 Å². The van der Waals surface area contributed by atoms with Crippen molar-refractivity contribution in [2.75, 3.05) is 25.1 Å². The van der Waals surface area contributed by atoms with Crippen LogP contribution < -0.4 is 9.64 Å². The second kappa shape index (κ2) is 12.5. The number of carbonyl (C=O) groups is 1. The fourth-order valence-corrected chi connectivity index (χ4v) is 6.86. The average molecular weight is 638 g/mol. The molecule has 0 saturated carbocycles. The van der Waals surface area contributed by atoms with Gasteiger partial charge in [-0.25, -0.2) is 19.5 Å². The molecule has 0 aliphatic carbocycles. The highest BCUT2D eigenvalue weighted by Crippen LogP contribution is 2.37. The predicted octanol–water partition coefficient (Wildman–Crippen LogP) is 6.38. The minimum Gasteiger partial charge on any atom is -0.481 e. The van der Waals surface area contributed by atoms with Gasteiger partial charge in [-0.2, -0.15) is 4.39 Å². The molecule has 2 atom stereocenters. The molecule has 48 heavy (non-hydrogen) atoms. The summed E-state index contributed by atoms with van der Waals surface area (Å²) in [7, 11) is 1.62. The summed E-state index contributed by atoms with van der Waals surface area (Å²) in [4.78, 5) is 31.1. The Morgan fingerprint density at radius 1 is 0.938 bits per heavy atom. The van der Waals surface area contributed by atoms with Crippen LogP contribution >= 0.6 is 0 Å². The van der Waals surface area contributed by atoms with Crippen molar-refractivity contribution in [1.29, 1.82) is 0 Å². The second-order valence-corrected chi connectivity index (χ2v) is 12.2. The van der Waals surface area contributed by atoms with E-state index in [-0.39, 0.29) is 5.56 Å². The van der Waals surface area contributed by atoms with Crippen molar-refractivity contribution in [2.24, 2.45) is 4.99 Å². The van der Waals surface area contributed by atoms with E-state index in [1.165, 1.54) is 16.5 Å². The van der Waals surface area contributed by atoms with Gasteiger partial charge in [0.05, 0.1) is 35.8 Å². The first-order valence-corrected chi connectivity index (χ1v) is 15.9. The van der Waals surface area contributed by atoms with Gasteiger partial charge in [0, 0.05) is 72.4 Å². The molecule has 3 saturated heterocycles. The van der Waals surface area contributed by atoms with Crippen molar-refractivity contribution < 1.29 is 13.9 Å². The van der Waals surface area contributed by atoms with E-state index in [0.717, 1.165) is 47.9 Å². The number of nitrogens with zero attached hydrogens (tertiary/aromatic N) is 7. The van der Waals surface area contributed by atoms with Gasteiger partial charge in [-0.05, 0) is 30.2 Å². The summed E-state index contributed by atoms with van der Waals surface area (Å²) < 4.78 is 21.5. The Balaban J connectivity index is 1.10. The quantitative estimate of drug-likeness (QED) is 0.134. The number of anilines is 1. The summed E-state index contributed by atoms with van der Waals surface area (Å²) in [5.74, 6) is 0.675. The molecular formula is C38H32FN7O2. The van der Waals surface area contributed by atoms with Crippen LogP contribution in [0.15, 0.2) is 115 Å². The summed E-state index contributed by atoms with van der Waals surface area (Å²) in [6.07, 6.45) is 7.00. The normalized spacial score (nSPS) is 17.2. The highest BCUT2D eigenvalue weighted by Gasteiger charge is 2.44. The van der Waals surface area contributed by atoms with E-state index in [1.54, 1.807) is 19.5 Å². The zero-order valence-electron chi connectivity index (χ0n) is 26.3. The number of aromatic nitrogens is 4. The number of piperidine rings is 1. The van der Waals surface area contributed by atoms with Gasteiger partial charge in [0.2, 0.25) is 11.8 Å². The maximum atomic E-state index is 14.9. The maximum Gasteiger partial charge on any atom is 0.244 e. The van der Waals surface area contributed by atoms with Gasteiger partial charge in [-0.1, -0.05) is 66.7 Å². The Kier molecular flexibility index (Phi) is 7.70. The molecule has 2 bridgehead atoms. The zero-order valence-corrected chi connectivity index (χ0v) is 26.3. The number of hydrogen-bond acceptors (Lipinski definition) is 8. The third-order valence-corrected chi connectivity index (χ3v) is 9.26. The fraction of sp³-hybridized carbons (Fsp3) is 0.184. The van der Waals surface area contributed by atoms with Gasteiger partial charge < -0.3 is 9.64 Å². The number of benzene rings is 2. The summed E-state index contributed by atoms with van der Waals surface area (Å²) in [6, 6.07) is 30.5. The third kappa shape index (κ3) is 5.50. The minimum atomic E-state index is -0.828. The van der Waals surface area contributed by atoms with Gasteiger partial charge in [0.25, 0.3) is 0 Å². The summed E-state index contributed by atoms with van der Waals surface area (Å²) in [5, 5.41) is 4.04. The summed E-state index contributed by atoms with van der Waals surface area (Å²) in [6.45, 7) is 2.62. The lowest BCUT2D eigenvalue weighted by atomic mass is 9.87. The van der Waals surface area contributed by atoms with Gasteiger partial charge in [-0.15, -0.1) is 5.10 Å². The van der Waals surface area contributed by atoms with Crippen LogP contribution in [0.3, 0.4) is 0 Å². The molecule has 6 aromatic rings. The van der Waals surface area contributed by atoms with Crippen LogP contribution in [-0.4, -0.2) is 68.8 Å². The number of rotatable bonds is 9. The smallest absolute Gasteiger partial charge is 0.244 e. The molecule has 10 heteroatoms. The standard InChI is InChI=1S/C38H32FN7O2/c1-48-35-15-12-25(18-41-35)20-45-30-17-31(45)23-44(22-30)34-14-13-28(19-40-34)32-16-29(21-46-37(32)33(24-47)38(39)43-46)42-36(26-8-4-2-5-9-26)27-10-6-3-7-11-27/h2-16,18-19,21,24,30-31H,17,20,22-23H2,1H3. The molecule has 3 aliphatic heterocycles. The zero-order chi connectivity index (χ0) is 32.6. The van der Waals surface area contributed by atoms with E-state index in [1.807, 2.05) is 91.1 Å². The van der Waals surface area contributed by atoms with Crippen molar-refractivity contribution in [3.05, 3.63) is 138 Å². The SMILES string of the molecule is COc1ccc(CN2C3CC2CN(c2ccc(-c4cc(N=C(c5ccccc5)c5ccccc5)cn5nc(F)c(C=O)c45)cn2)C3)cn1. The number of aliphatic imine (C=N–C) groups is 1. The first kappa shape index (κ1) is 29.6. The van der Waals surface area contributed by atoms with E-state index in [9.17, 15) is 9.18 Å². The molecule has 0 amide bonds. The van der Waals surface area contributed by atoms with Crippen molar-refractivity contribution in [1.82, 2.24) is 24.5 Å². The third-order valence-electron chi connectivity index (χ3n) is 9.26. The Bertz CT molecular complexity index is 2060. The number of methoxy groups -OCH3 is 1. The van der Waals surface area contributed by atoms with Gasteiger partial charge in [-0.3, -0.25) is 9.69 Å². The molecule has 2 unspecified atom stereocenters. The Morgan fingerprint density at radius 2 is 1.67 bits per heavy atom. The highest BCUT2D eigenvalue weighted by atomic mass is 19.1. The number of ether oxygens (including phenoxy) is 1. The summed E-state index contributed by atoms with van der Waals surface area (Å²) >= 11 is 0. The van der Waals surface area contributed by atoms with E-state index in [0.29, 0.717) is 41.0 Å².